The summed E-state index contributed by atoms with van der Waals surface area (Å²) in [6.45, 7) is 0. The van der Waals surface area contributed by atoms with E-state index in [1.807, 2.05) is 23.7 Å². The Balaban J connectivity index is 1.75. The molecule has 21 heavy (non-hydrogen) atoms. The van der Waals surface area contributed by atoms with Crippen molar-refractivity contribution in [2.24, 2.45) is 7.05 Å². The van der Waals surface area contributed by atoms with Crippen molar-refractivity contribution in [1.82, 2.24) is 19.7 Å². The average molecular weight is 300 g/mol. The first-order valence-electron chi connectivity index (χ1n) is 6.41. The Morgan fingerprint density at radius 1 is 1.14 bits per heavy atom. The topological polar surface area (TPSA) is 43.6 Å². The Morgan fingerprint density at radius 2 is 1.95 bits per heavy atom. The number of rotatable bonds is 4. The maximum Gasteiger partial charge on any atom is 0.191 e. The molecule has 0 spiro atoms. The third-order valence-electron chi connectivity index (χ3n) is 3.04. The summed E-state index contributed by atoms with van der Waals surface area (Å²) in [4.78, 5) is 4.09. The van der Waals surface area contributed by atoms with E-state index in [2.05, 4.69) is 15.2 Å². The van der Waals surface area contributed by atoms with E-state index in [-0.39, 0.29) is 5.82 Å². The molecule has 2 aromatic heterocycles. The van der Waals surface area contributed by atoms with Crippen LogP contribution in [-0.2, 0) is 12.8 Å². The van der Waals surface area contributed by atoms with Gasteiger partial charge in [0.25, 0.3) is 0 Å². The molecule has 0 radical (unpaired) electrons. The van der Waals surface area contributed by atoms with Crippen LogP contribution in [0.5, 0.6) is 0 Å². The minimum Gasteiger partial charge on any atom is -0.305 e. The number of thioether (sulfide) groups is 1. The van der Waals surface area contributed by atoms with Crippen molar-refractivity contribution in [1.29, 1.82) is 0 Å². The largest absolute Gasteiger partial charge is 0.305 e. The van der Waals surface area contributed by atoms with E-state index in [4.69, 9.17) is 0 Å². The van der Waals surface area contributed by atoms with Crippen molar-refractivity contribution in [2.75, 3.05) is 0 Å². The van der Waals surface area contributed by atoms with Crippen molar-refractivity contribution in [3.05, 3.63) is 60.2 Å². The molecule has 6 heteroatoms. The van der Waals surface area contributed by atoms with Crippen LogP contribution in [0.25, 0.3) is 11.4 Å². The van der Waals surface area contributed by atoms with Gasteiger partial charge in [-0.3, -0.25) is 4.98 Å². The van der Waals surface area contributed by atoms with Crippen LogP contribution in [0.3, 0.4) is 0 Å². The summed E-state index contributed by atoms with van der Waals surface area (Å²) in [5.41, 5.74) is 1.98. The molecule has 0 N–H and O–H groups in total. The van der Waals surface area contributed by atoms with Gasteiger partial charge < -0.3 is 4.57 Å². The van der Waals surface area contributed by atoms with Gasteiger partial charge in [0.2, 0.25) is 0 Å². The van der Waals surface area contributed by atoms with E-state index in [0.29, 0.717) is 0 Å². The number of pyridine rings is 1. The number of halogens is 1. The summed E-state index contributed by atoms with van der Waals surface area (Å²) in [5, 5.41) is 9.22. The van der Waals surface area contributed by atoms with E-state index in [1.165, 1.54) is 12.1 Å². The summed E-state index contributed by atoms with van der Waals surface area (Å²) in [6, 6.07) is 10.3. The third-order valence-corrected chi connectivity index (χ3v) is 4.13. The molecule has 0 aliphatic carbocycles. The first-order valence-corrected chi connectivity index (χ1v) is 7.39. The van der Waals surface area contributed by atoms with Crippen molar-refractivity contribution in [3.8, 4) is 11.4 Å². The molecule has 0 unspecified atom stereocenters. The summed E-state index contributed by atoms with van der Waals surface area (Å²) in [7, 11) is 1.93. The molecule has 2 heterocycles. The van der Waals surface area contributed by atoms with Crippen LogP contribution in [0.1, 0.15) is 5.56 Å². The Kier molecular flexibility index (Phi) is 3.96. The van der Waals surface area contributed by atoms with Gasteiger partial charge in [-0.15, -0.1) is 10.2 Å². The van der Waals surface area contributed by atoms with E-state index in [9.17, 15) is 4.39 Å². The van der Waals surface area contributed by atoms with Gasteiger partial charge >= 0.3 is 0 Å². The monoisotopic (exact) mass is 300 g/mol. The SMILES string of the molecule is Cn1c(SCc2ccc(F)cc2)nnc1-c1cccnc1. The van der Waals surface area contributed by atoms with E-state index >= 15 is 0 Å². The molecule has 0 atom stereocenters. The molecule has 0 saturated heterocycles. The lowest BCUT2D eigenvalue weighted by Crippen LogP contribution is -1.95. The van der Waals surface area contributed by atoms with Crippen LogP contribution in [-0.4, -0.2) is 19.7 Å². The van der Waals surface area contributed by atoms with Gasteiger partial charge in [-0.1, -0.05) is 23.9 Å². The van der Waals surface area contributed by atoms with Crippen molar-refractivity contribution < 1.29 is 4.39 Å². The summed E-state index contributed by atoms with van der Waals surface area (Å²) < 4.78 is 14.8. The lowest BCUT2D eigenvalue weighted by Gasteiger charge is -2.03. The number of hydrogen-bond acceptors (Lipinski definition) is 4. The van der Waals surface area contributed by atoms with Gasteiger partial charge in [-0.05, 0) is 29.8 Å². The maximum absolute atomic E-state index is 12.9. The number of nitrogens with zero attached hydrogens (tertiary/aromatic N) is 4. The van der Waals surface area contributed by atoms with E-state index in [1.54, 1.807) is 36.3 Å². The normalized spacial score (nSPS) is 10.8. The molecule has 3 aromatic rings. The molecular weight excluding hydrogens is 287 g/mol. The van der Waals surface area contributed by atoms with Crippen LogP contribution in [0.15, 0.2) is 53.9 Å². The zero-order valence-electron chi connectivity index (χ0n) is 11.4. The van der Waals surface area contributed by atoms with Gasteiger partial charge in [-0.25, -0.2) is 4.39 Å². The molecule has 0 aliphatic heterocycles. The molecule has 0 saturated carbocycles. The second kappa shape index (κ2) is 6.05. The quantitative estimate of drug-likeness (QED) is 0.693. The standard InChI is InChI=1S/C15H13FN4S/c1-20-14(12-3-2-8-17-9-12)18-19-15(20)21-10-11-4-6-13(16)7-5-11/h2-9H,10H2,1H3. The zero-order chi connectivity index (χ0) is 14.7. The molecule has 0 aliphatic rings. The molecular formula is C15H13FN4S. The van der Waals surface area contributed by atoms with Crippen LogP contribution >= 0.6 is 11.8 Å². The van der Waals surface area contributed by atoms with Gasteiger partial charge in [0.15, 0.2) is 11.0 Å². The van der Waals surface area contributed by atoms with E-state index < -0.39 is 0 Å². The first kappa shape index (κ1) is 13.8. The lowest BCUT2D eigenvalue weighted by molar-refractivity contribution is 0.627. The van der Waals surface area contributed by atoms with Gasteiger partial charge in [0.1, 0.15) is 5.82 Å². The maximum atomic E-state index is 12.9. The highest BCUT2D eigenvalue weighted by molar-refractivity contribution is 7.98. The van der Waals surface area contributed by atoms with Crippen LogP contribution in [0.2, 0.25) is 0 Å². The first-order chi connectivity index (χ1) is 10.2. The number of benzene rings is 1. The fraction of sp³-hybridized carbons (Fsp3) is 0.133. The Morgan fingerprint density at radius 3 is 2.67 bits per heavy atom. The minimum atomic E-state index is -0.221. The second-order valence-corrected chi connectivity index (χ2v) is 5.46. The predicted octanol–water partition coefficient (Wildman–Crippen LogP) is 3.31. The lowest BCUT2D eigenvalue weighted by atomic mass is 10.2. The minimum absolute atomic E-state index is 0.221. The Hall–Kier alpha value is -2.21. The van der Waals surface area contributed by atoms with Gasteiger partial charge in [-0.2, -0.15) is 0 Å². The highest BCUT2D eigenvalue weighted by Crippen LogP contribution is 2.24. The number of hydrogen-bond donors (Lipinski definition) is 0. The van der Waals surface area contributed by atoms with Crippen molar-refractivity contribution in [3.63, 3.8) is 0 Å². The van der Waals surface area contributed by atoms with Gasteiger partial charge in [0, 0.05) is 30.8 Å². The summed E-state index contributed by atoms with van der Waals surface area (Å²) in [6.07, 6.45) is 3.49. The fourth-order valence-electron chi connectivity index (χ4n) is 1.92. The summed E-state index contributed by atoms with van der Waals surface area (Å²) in [5.74, 6) is 1.28. The zero-order valence-corrected chi connectivity index (χ0v) is 12.2. The molecule has 106 valence electrons. The fourth-order valence-corrected chi connectivity index (χ4v) is 2.78. The molecule has 0 fully saturated rings. The van der Waals surface area contributed by atoms with Crippen LogP contribution in [0, 0.1) is 5.82 Å². The Bertz CT molecular complexity index is 725. The smallest absolute Gasteiger partial charge is 0.191 e. The van der Waals surface area contributed by atoms with Crippen LogP contribution in [0.4, 0.5) is 4.39 Å². The molecule has 0 amide bonds. The molecule has 3 rings (SSSR count). The molecule has 1 aromatic carbocycles. The van der Waals surface area contributed by atoms with Crippen molar-refractivity contribution in [2.45, 2.75) is 10.9 Å². The summed E-state index contributed by atoms with van der Waals surface area (Å²) >= 11 is 1.57. The third kappa shape index (κ3) is 3.11. The average Bonchev–Trinajstić information content (AvgIpc) is 2.89. The Labute approximate surface area is 126 Å². The second-order valence-electron chi connectivity index (χ2n) is 4.52. The highest BCUT2D eigenvalue weighted by atomic mass is 32.2. The highest BCUT2D eigenvalue weighted by Gasteiger charge is 2.11. The van der Waals surface area contributed by atoms with Gasteiger partial charge in [0.05, 0.1) is 0 Å². The van der Waals surface area contributed by atoms with E-state index in [0.717, 1.165) is 27.9 Å². The molecule has 4 nitrogen and oxygen atoms in total. The van der Waals surface area contributed by atoms with Crippen LogP contribution < -0.4 is 0 Å². The predicted molar refractivity (Wildman–Crippen MR) is 80.2 cm³/mol. The molecule has 0 bridgehead atoms. The number of aromatic nitrogens is 4. The van der Waals surface area contributed by atoms with Crippen molar-refractivity contribution >= 4 is 11.8 Å².